The van der Waals surface area contributed by atoms with Gasteiger partial charge in [0.25, 0.3) is 0 Å². The average Bonchev–Trinajstić information content (AvgIpc) is 2.64. The van der Waals surface area contributed by atoms with Crippen LogP contribution in [0.4, 0.5) is 0 Å². The van der Waals surface area contributed by atoms with Gasteiger partial charge in [0, 0.05) is 0 Å². The minimum absolute atomic E-state index is 0.987. The summed E-state index contributed by atoms with van der Waals surface area (Å²) in [5.74, 6) is 0. The van der Waals surface area contributed by atoms with Crippen molar-refractivity contribution >= 4 is 0 Å². The zero-order chi connectivity index (χ0) is 13.0. The molecule has 0 aromatic heterocycles. The standard InChI is InChI=1S/C18H20/c1-14(2)17-12-8-5-9-13-18(17)15(3)16-10-6-4-7-11-16/h4-7,9-10,12-13H,1,8,11H2,2-3H3/b16-15-. The van der Waals surface area contributed by atoms with Gasteiger partial charge in [0.1, 0.15) is 0 Å². The lowest BCUT2D eigenvalue weighted by atomic mass is 9.89. The zero-order valence-electron chi connectivity index (χ0n) is 11.2. The molecule has 2 aliphatic carbocycles. The Balaban J connectivity index is 2.44. The van der Waals surface area contributed by atoms with E-state index >= 15 is 0 Å². The topological polar surface area (TPSA) is 0 Å². The van der Waals surface area contributed by atoms with E-state index in [1.807, 2.05) is 0 Å². The van der Waals surface area contributed by atoms with Gasteiger partial charge in [-0.15, -0.1) is 0 Å². The van der Waals surface area contributed by atoms with Crippen LogP contribution in [-0.4, -0.2) is 0 Å². The molecule has 0 aromatic carbocycles. The Hall–Kier alpha value is -1.82. The third-order valence-corrected chi connectivity index (χ3v) is 3.38. The summed E-state index contributed by atoms with van der Waals surface area (Å²) in [5.41, 5.74) is 6.49. The Kier molecular flexibility index (Phi) is 3.99. The van der Waals surface area contributed by atoms with Crippen molar-refractivity contribution in [3.05, 3.63) is 83.1 Å². The second-order valence-corrected chi connectivity index (χ2v) is 4.78. The monoisotopic (exact) mass is 236 g/mol. The molecule has 0 amide bonds. The van der Waals surface area contributed by atoms with Crippen molar-refractivity contribution < 1.29 is 0 Å². The van der Waals surface area contributed by atoms with Crippen molar-refractivity contribution in [2.45, 2.75) is 26.7 Å². The lowest BCUT2D eigenvalue weighted by Gasteiger charge is -2.16. The molecule has 92 valence electrons. The summed E-state index contributed by atoms with van der Waals surface area (Å²) in [6.07, 6.45) is 19.4. The second-order valence-electron chi connectivity index (χ2n) is 4.78. The minimum Gasteiger partial charge on any atom is -0.0955 e. The van der Waals surface area contributed by atoms with Gasteiger partial charge in [0.15, 0.2) is 0 Å². The average molecular weight is 236 g/mol. The molecule has 0 aromatic rings. The fourth-order valence-electron chi connectivity index (χ4n) is 2.32. The third-order valence-electron chi connectivity index (χ3n) is 3.38. The summed E-state index contributed by atoms with van der Waals surface area (Å²) >= 11 is 0. The maximum Gasteiger partial charge on any atom is -0.00915 e. The fourth-order valence-corrected chi connectivity index (χ4v) is 2.32. The van der Waals surface area contributed by atoms with Crippen LogP contribution in [0.2, 0.25) is 0 Å². The van der Waals surface area contributed by atoms with Crippen LogP contribution in [0.25, 0.3) is 0 Å². The molecule has 0 heteroatoms. The lowest BCUT2D eigenvalue weighted by molar-refractivity contribution is 1.17. The maximum atomic E-state index is 4.11. The van der Waals surface area contributed by atoms with E-state index < -0.39 is 0 Å². The molecule has 0 spiro atoms. The highest BCUT2D eigenvalue weighted by Crippen LogP contribution is 2.30. The van der Waals surface area contributed by atoms with Crippen molar-refractivity contribution in [3.63, 3.8) is 0 Å². The Morgan fingerprint density at radius 2 is 1.89 bits per heavy atom. The first-order valence-electron chi connectivity index (χ1n) is 6.46. The smallest absolute Gasteiger partial charge is 0.00915 e. The van der Waals surface area contributed by atoms with Crippen LogP contribution in [0.5, 0.6) is 0 Å². The van der Waals surface area contributed by atoms with E-state index in [0.717, 1.165) is 18.4 Å². The van der Waals surface area contributed by atoms with Crippen molar-refractivity contribution in [1.29, 1.82) is 0 Å². The Morgan fingerprint density at radius 3 is 2.56 bits per heavy atom. The van der Waals surface area contributed by atoms with Crippen LogP contribution >= 0.6 is 0 Å². The highest BCUT2D eigenvalue weighted by molar-refractivity contribution is 5.59. The number of rotatable bonds is 2. The minimum atomic E-state index is 0.987. The Morgan fingerprint density at radius 1 is 1.06 bits per heavy atom. The molecular formula is C18H20. The van der Waals surface area contributed by atoms with E-state index in [0.29, 0.717) is 0 Å². The van der Waals surface area contributed by atoms with Gasteiger partial charge in [0.05, 0.1) is 0 Å². The molecule has 0 N–H and O–H groups in total. The molecule has 0 saturated heterocycles. The number of hydrogen-bond acceptors (Lipinski definition) is 0. The van der Waals surface area contributed by atoms with Crippen molar-refractivity contribution in [2.75, 3.05) is 0 Å². The van der Waals surface area contributed by atoms with Crippen LogP contribution in [0.3, 0.4) is 0 Å². The molecule has 18 heavy (non-hydrogen) atoms. The van der Waals surface area contributed by atoms with E-state index in [1.54, 1.807) is 0 Å². The molecule has 0 nitrogen and oxygen atoms in total. The van der Waals surface area contributed by atoms with E-state index in [4.69, 9.17) is 0 Å². The summed E-state index contributed by atoms with van der Waals surface area (Å²) in [6, 6.07) is 0. The highest BCUT2D eigenvalue weighted by atomic mass is 14.2. The Labute approximate surface area is 110 Å². The molecule has 0 unspecified atom stereocenters. The molecule has 0 bridgehead atoms. The largest absolute Gasteiger partial charge is 0.0955 e. The van der Waals surface area contributed by atoms with Gasteiger partial charge < -0.3 is 0 Å². The first kappa shape index (κ1) is 12.6. The zero-order valence-corrected chi connectivity index (χ0v) is 11.2. The summed E-state index contributed by atoms with van der Waals surface area (Å²) in [6.45, 7) is 8.40. The molecule has 0 radical (unpaired) electrons. The maximum absolute atomic E-state index is 4.11. The van der Waals surface area contributed by atoms with E-state index in [-0.39, 0.29) is 0 Å². The number of allylic oxidation sites excluding steroid dienone is 13. The van der Waals surface area contributed by atoms with Gasteiger partial charge in [-0.3, -0.25) is 0 Å². The van der Waals surface area contributed by atoms with Crippen LogP contribution in [0, 0.1) is 0 Å². The van der Waals surface area contributed by atoms with E-state index in [9.17, 15) is 0 Å². The third kappa shape index (κ3) is 2.70. The van der Waals surface area contributed by atoms with E-state index in [1.165, 1.54) is 22.3 Å². The van der Waals surface area contributed by atoms with Crippen LogP contribution < -0.4 is 0 Å². The van der Waals surface area contributed by atoms with Gasteiger partial charge >= 0.3 is 0 Å². The summed E-state index contributed by atoms with van der Waals surface area (Å²) in [4.78, 5) is 0. The first-order valence-corrected chi connectivity index (χ1v) is 6.46. The molecule has 0 fully saturated rings. The lowest BCUT2D eigenvalue weighted by Crippen LogP contribution is -1.97. The van der Waals surface area contributed by atoms with Crippen molar-refractivity contribution in [1.82, 2.24) is 0 Å². The van der Waals surface area contributed by atoms with Gasteiger partial charge in [-0.2, -0.15) is 0 Å². The second kappa shape index (κ2) is 5.68. The van der Waals surface area contributed by atoms with Gasteiger partial charge in [-0.05, 0) is 49.0 Å². The SMILES string of the molecule is C=C(C)C1=CCC=CC=C1/C(C)=C1/C=CC=CC1. The molecule has 2 rings (SSSR count). The number of hydrogen-bond donors (Lipinski definition) is 0. The quantitative estimate of drug-likeness (QED) is 0.617. The summed E-state index contributed by atoms with van der Waals surface area (Å²) in [7, 11) is 0. The first-order chi connectivity index (χ1) is 8.70. The van der Waals surface area contributed by atoms with Crippen LogP contribution in [0.15, 0.2) is 83.1 Å². The normalized spacial score (nSPS) is 21.2. The van der Waals surface area contributed by atoms with Gasteiger partial charge in [-0.25, -0.2) is 0 Å². The van der Waals surface area contributed by atoms with Crippen molar-refractivity contribution in [2.24, 2.45) is 0 Å². The fraction of sp³-hybridized carbons (Fsp3) is 0.222. The molecule has 0 saturated carbocycles. The molecule has 0 atom stereocenters. The van der Waals surface area contributed by atoms with Gasteiger partial charge in [-0.1, -0.05) is 60.8 Å². The summed E-state index contributed by atoms with van der Waals surface area (Å²) in [5, 5.41) is 0. The predicted molar refractivity (Wildman–Crippen MR) is 80.3 cm³/mol. The predicted octanol–water partition coefficient (Wildman–Crippen LogP) is 5.21. The van der Waals surface area contributed by atoms with E-state index in [2.05, 4.69) is 69.0 Å². The molecule has 0 heterocycles. The molecular weight excluding hydrogens is 216 g/mol. The highest BCUT2D eigenvalue weighted by Gasteiger charge is 2.12. The Bertz CT molecular complexity index is 528. The molecule has 0 aliphatic heterocycles. The van der Waals surface area contributed by atoms with Gasteiger partial charge in [0.2, 0.25) is 0 Å². The molecule has 2 aliphatic rings. The van der Waals surface area contributed by atoms with Crippen molar-refractivity contribution in [3.8, 4) is 0 Å². The van der Waals surface area contributed by atoms with Crippen LogP contribution in [0.1, 0.15) is 26.7 Å². The summed E-state index contributed by atoms with van der Waals surface area (Å²) < 4.78 is 0. The van der Waals surface area contributed by atoms with Crippen LogP contribution in [-0.2, 0) is 0 Å².